The molecule has 124 valence electrons. The lowest BCUT2D eigenvalue weighted by atomic mass is 9.80. The topological polar surface area (TPSA) is 57.6 Å². The zero-order valence-corrected chi connectivity index (χ0v) is 13.7. The number of hydrogen-bond acceptors (Lipinski definition) is 3. The summed E-state index contributed by atoms with van der Waals surface area (Å²) in [6, 6.07) is 7.85. The molecule has 24 heavy (non-hydrogen) atoms. The van der Waals surface area contributed by atoms with Crippen LogP contribution in [0.1, 0.15) is 50.6 Å². The number of nitrogens with zero attached hydrogens (tertiary/aromatic N) is 1. The Morgan fingerprint density at radius 1 is 1.12 bits per heavy atom. The van der Waals surface area contributed by atoms with Crippen LogP contribution < -0.4 is 4.90 Å². The minimum absolute atomic E-state index is 0.132. The largest absolute Gasteiger partial charge is 0.477 e. The molecule has 0 radical (unpaired) electrons. The van der Waals surface area contributed by atoms with E-state index in [2.05, 4.69) is 0 Å². The number of halogens is 1. The normalized spacial score (nSPS) is 18.1. The van der Waals surface area contributed by atoms with Crippen molar-refractivity contribution < 1.29 is 19.1 Å². The van der Waals surface area contributed by atoms with Gasteiger partial charge in [-0.05, 0) is 37.1 Å². The number of amides is 1. The van der Waals surface area contributed by atoms with Gasteiger partial charge in [0.1, 0.15) is 10.7 Å². The van der Waals surface area contributed by atoms with Crippen LogP contribution in [0.5, 0.6) is 0 Å². The third-order valence-corrected chi connectivity index (χ3v) is 6.17. The van der Waals surface area contributed by atoms with Gasteiger partial charge in [0.2, 0.25) is 0 Å². The van der Waals surface area contributed by atoms with E-state index < -0.39 is 5.97 Å². The van der Waals surface area contributed by atoms with Gasteiger partial charge in [-0.15, -0.1) is 11.3 Å². The van der Waals surface area contributed by atoms with Crippen LogP contribution in [-0.4, -0.2) is 23.5 Å². The summed E-state index contributed by atoms with van der Waals surface area (Å²) in [4.78, 5) is 26.1. The molecule has 2 heterocycles. The summed E-state index contributed by atoms with van der Waals surface area (Å²) in [5.41, 5.74) is 1.00. The summed E-state index contributed by atoms with van der Waals surface area (Å²) in [6.45, 7) is 0.475. The first-order chi connectivity index (χ1) is 11.5. The zero-order valence-electron chi connectivity index (χ0n) is 12.9. The SMILES string of the molecule is O=C(O)c1ccc(C(=O)N2CC3(CCCC3)c3c(F)cccc32)s1. The summed E-state index contributed by atoms with van der Waals surface area (Å²) in [5.74, 6) is -1.54. The summed E-state index contributed by atoms with van der Waals surface area (Å²) < 4.78 is 14.5. The number of benzene rings is 1. The molecule has 4 nitrogen and oxygen atoms in total. The van der Waals surface area contributed by atoms with E-state index in [1.165, 1.54) is 18.2 Å². The molecule has 0 atom stereocenters. The van der Waals surface area contributed by atoms with E-state index in [0.717, 1.165) is 37.0 Å². The van der Waals surface area contributed by atoms with Crippen molar-refractivity contribution in [1.29, 1.82) is 0 Å². The number of carboxylic acid groups (broad SMARTS) is 1. The van der Waals surface area contributed by atoms with Gasteiger partial charge in [0.15, 0.2) is 0 Å². The van der Waals surface area contributed by atoms with Gasteiger partial charge < -0.3 is 10.0 Å². The molecule has 2 aromatic rings. The highest BCUT2D eigenvalue weighted by molar-refractivity contribution is 7.16. The lowest BCUT2D eigenvalue weighted by Gasteiger charge is -2.24. The Morgan fingerprint density at radius 3 is 2.50 bits per heavy atom. The van der Waals surface area contributed by atoms with E-state index in [0.29, 0.717) is 22.7 Å². The Bertz CT molecular complexity index is 839. The van der Waals surface area contributed by atoms with Gasteiger partial charge >= 0.3 is 5.97 Å². The Balaban J connectivity index is 1.75. The van der Waals surface area contributed by atoms with E-state index in [1.54, 1.807) is 17.0 Å². The first kappa shape index (κ1) is 15.3. The number of carboxylic acids is 1. The van der Waals surface area contributed by atoms with E-state index in [-0.39, 0.29) is 22.0 Å². The minimum Gasteiger partial charge on any atom is -0.477 e. The van der Waals surface area contributed by atoms with Crippen LogP contribution in [0.2, 0.25) is 0 Å². The van der Waals surface area contributed by atoms with Crippen molar-refractivity contribution in [3.8, 4) is 0 Å². The maximum Gasteiger partial charge on any atom is 0.345 e. The van der Waals surface area contributed by atoms with Gasteiger partial charge in [0.25, 0.3) is 5.91 Å². The van der Waals surface area contributed by atoms with E-state index in [4.69, 9.17) is 5.11 Å². The monoisotopic (exact) mass is 345 g/mol. The summed E-state index contributed by atoms with van der Waals surface area (Å²) in [5, 5.41) is 9.04. The van der Waals surface area contributed by atoms with Crippen LogP contribution in [0.4, 0.5) is 10.1 Å². The predicted molar refractivity (Wildman–Crippen MR) is 89.5 cm³/mol. The Hall–Kier alpha value is -2.21. The molecule has 0 unspecified atom stereocenters. The van der Waals surface area contributed by atoms with E-state index in [9.17, 15) is 14.0 Å². The van der Waals surface area contributed by atoms with Crippen molar-refractivity contribution in [2.75, 3.05) is 11.4 Å². The molecule has 4 rings (SSSR count). The standard InChI is InChI=1S/C18H16FNO3S/c19-11-4-3-5-12-15(11)18(8-1-2-9-18)10-20(12)16(21)13-6-7-14(24-13)17(22)23/h3-7H,1-2,8-10H2,(H,22,23). The second kappa shape index (κ2) is 5.41. The number of rotatable bonds is 2. The Labute approximate surface area is 142 Å². The van der Waals surface area contributed by atoms with Crippen molar-refractivity contribution in [2.24, 2.45) is 0 Å². The molecule has 1 aliphatic heterocycles. The molecule has 1 aliphatic carbocycles. The van der Waals surface area contributed by atoms with Crippen LogP contribution in [0.15, 0.2) is 30.3 Å². The van der Waals surface area contributed by atoms with Gasteiger partial charge in [-0.3, -0.25) is 4.79 Å². The molecule has 1 saturated carbocycles. The molecule has 1 amide bonds. The molecule has 1 aromatic heterocycles. The molecule has 1 aromatic carbocycles. The lowest BCUT2D eigenvalue weighted by molar-refractivity contribution is 0.0702. The number of carbonyl (C=O) groups is 2. The van der Waals surface area contributed by atoms with Crippen LogP contribution in [0.3, 0.4) is 0 Å². The molecular weight excluding hydrogens is 329 g/mol. The third kappa shape index (κ3) is 2.17. The van der Waals surface area contributed by atoms with Gasteiger partial charge in [0, 0.05) is 17.5 Å². The first-order valence-corrected chi connectivity index (χ1v) is 8.77. The number of thiophene rings is 1. The number of carbonyl (C=O) groups excluding carboxylic acids is 1. The predicted octanol–water partition coefficient (Wildman–Crippen LogP) is 4.06. The molecule has 6 heteroatoms. The minimum atomic E-state index is -1.04. The van der Waals surface area contributed by atoms with E-state index in [1.807, 2.05) is 0 Å². The molecular formula is C18H16FNO3S. The molecule has 1 fully saturated rings. The maximum absolute atomic E-state index is 14.5. The number of hydrogen-bond donors (Lipinski definition) is 1. The van der Waals surface area contributed by atoms with Crippen molar-refractivity contribution in [3.63, 3.8) is 0 Å². The van der Waals surface area contributed by atoms with Crippen molar-refractivity contribution in [3.05, 3.63) is 51.5 Å². The molecule has 1 spiro atoms. The maximum atomic E-state index is 14.5. The number of fused-ring (bicyclic) bond motifs is 2. The fourth-order valence-electron chi connectivity index (χ4n) is 4.07. The second-order valence-electron chi connectivity index (χ2n) is 6.48. The second-order valence-corrected chi connectivity index (χ2v) is 7.57. The van der Waals surface area contributed by atoms with Crippen LogP contribution in [0, 0.1) is 5.82 Å². The van der Waals surface area contributed by atoms with Crippen molar-refractivity contribution in [2.45, 2.75) is 31.1 Å². The average molecular weight is 345 g/mol. The first-order valence-electron chi connectivity index (χ1n) is 7.96. The van der Waals surface area contributed by atoms with Crippen molar-refractivity contribution >= 4 is 28.9 Å². The van der Waals surface area contributed by atoms with Gasteiger partial charge in [-0.25, -0.2) is 9.18 Å². The molecule has 0 saturated heterocycles. The number of anilines is 1. The highest BCUT2D eigenvalue weighted by Gasteiger charge is 2.48. The number of aromatic carboxylic acids is 1. The van der Waals surface area contributed by atoms with Crippen LogP contribution in [-0.2, 0) is 5.41 Å². The van der Waals surface area contributed by atoms with Crippen molar-refractivity contribution in [1.82, 2.24) is 0 Å². The van der Waals surface area contributed by atoms with Gasteiger partial charge in [0.05, 0.1) is 10.6 Å². The van der Waals surface area contributed by atoms with Gasteiger partial charge in [-0.1, -0.05) is 18.9 Å². The fraction of sp³-hybridized carbons (Fsp3) is 0.333. The average Bonchev–Trinajstić information content (AvgIpc) is 3.28. The summed E-state index contributed by atoms with van der Waals surface area (Å²) >= 11 is 0.961. The van der Waals surface area contributed by atoms with E-state index >= 15 is 0 Å². The molecule has 1 N–H and O–H groups in total. The highest BCUT2D eigenvalue weighted by atomic mass is 32.1. The third-order valence-electron chi connectivity index (χ3n) is 5.11. The highest BCUT2D eigenvalue weighted by Crippen LogP contribution is 2.51. The van der Waals surface area contributed by atoms with Crippen LogP contribution in [0.25, 0.3) is 0 Å². The molecule has 0 bridgehead atoms. The molecule has 2 aliphatic rings. The summed E-state index contributed by atoms with van der Waals surface area (Å²) in [7, 11) is 0. The quantitative estimate of drug-likeness (QED) is 0.893. The zero-order chi connectivity index (χ0) is 16.9. The fourth-order valence-corrected chi connectivity index (χ4v) is 4.87. The lowest BCUT2D eigenvalue weighted by Crippen LogP contribution is -2.35. The van der Waals surface area contributed by atoms with Gasteiger partial charge in [-0.2, -0.15) is 0 Å². The Kier molecular flexibility index (Phi) is 3.46. The summed E-state index contributed by atoms with van der Waals surface area (Å²) in [6.07, 6.45) is 3.85. The smallest absolute Gasteiger partial charge is 0.345 e. The van der Waals surface area contributed by atoms with Crippen LogP contribution >= 0.6 is 11.3 Å². The Morgan fingerprint density at radius 2 is 1.83 bits per heavy atom.